The third-order valence-electron chi connectivity index (χ3n) is 6.33. The number of amides is 1. The molecule has 188 valence electrons. The van der Waals surface area contributed by atoms with Gasteiger partial charge in [0, 0.05) is 19.0 Å². The number of aromatic nitrogens is 1. The molecule has 0 spiro atoms. The number of hydrogen-bond acceptors (Lipinski definition) is 8. The minimum absolute atomic E-state index is 0.208. The molecule has 0 fully saturated rings. The van der Waals surface area contributed by atoms with Crippen molar-refractivity contribution in [3.63, 3.8) is 0 Å². The van der Waals surface area contributed by atoms with Gasteiger partial charge in [0.1, 0.15) is 10.3 Å². The van der Waals surface area contributed by atoms with Crippen LogP contribution in [-0.4, -0.2) is 36.1 Å². The van der Waals surface area contributed by atoms with Gasteiger partial charge in [0.05, 0.1) is 35.7 Å². The van der Waals surface area contributed by atoms with Gasteiger partial charge in [0.25, 0.3) is 11.5 Å². The fraction of sp³-hybridized carbons (Fsp3) is 0.222. The number of methoxy groups -OCH3 is 1. The summed E-state index contributed by atoms with van der Waals surface area (Å²) >= 11 is 1.12. The summed E-state index contributed by atoms with van der Waals surface area (Å²) in [4.78, 5) is 58.2. The summed E-state index contributed by atoms with van der Waals surface area (Å²) in [5.74, 6) is -0.997. The van der Waals surface area contributed by atoms with Crippen LogP contribution in [0.4, 0.5) is 5.69 Å². The lowest BCUT2D eigenvalue weighted by Crippen LogP contribution is -2.40. The Kier molecular flexibility index (Phi) is 6.12. The van der Waals surface area contributed by atoms with E-state index >= 15 is 0 Å². The van der Waals surface area contributed by atoms with Crippen LogP contribution in [0.3, 0.4) is 0 Å². The first-order valence-electron chi connectivity index (χ1n) is 11.6. The van der Waals surface area contributed by atoms with Crippen LogP contribution in [0.25, 0.3) is 5.57 Å². The summed E-state index contributed by atoms with van der Waals surface area (Å²) in [7, 11) is 1.27. The number of ether oxygens (including phenoxy) is 2. The SMILES string of the molecule is CCN1C(=O)C(=c2sc3n(c2=O)[C@H](c2ccc(OC(C)=O)cc2)C(C(=O)OC)=C(C)N=3)c2ccccc21. The maximum atomic E-state index is 14.0. The molecule has 0 saturated heterocycles. The Balaban J connectivity index is 1.78. The number of benzene rings is 2. The van der Waals surface area contributed by atoms with Crippen LogP contribution in [0.15, 0.2) is 69.6 Å². The van der Waals surface area contributed by atoms with Crippen molar-refractivity contribution in [2.24, 2.45) is 4.99 Å². The number of rotatable bonds is 4. The van der Waals surface area contributed by atoms with Gasteiger partial charge < -0.3 is 14.4 Å². The van der Waals surface area contributed by atoms with Crippen LogP contribution < -0.4 is 24.5 Å². The third kappa shape index (κ3) is 3.89. The Morgan fingerprint density at radius 3 is 2.43 bits per heavy atom. The summed E-state index contributed by atoms with van der Waals surface area (Å²) in [6, 6.07) is 13.1. The fourth-order valence-electron chi connectivity index (χ4n) is 4.76. The second-order valence-electron chi connectivity index (χ2n) is 8.50. The van der Waals surface area contributed by atoms with Crippen molar-refractivity contribution < 1.29 is 23.9 Å². The number of anilines is 1. The molecule has 0 unspecified atom stereocenters. The molecule has 3 aromatic rings. The van der Waals surface area contributed by atoms with Gasteiger partial charge >= 0.3 is 11.9 Å². The second kappa shape index (κ2) is 9.29. The van der Waals surface area contributed by atoms with E-state index in [9.17, 15) is 19.2 Å². The van der Waals surface area contributed by atoms with E-state index in [1.54, 1.807) is 36.1 Å². The van der Waals surface area contributed by atoms with E-state index in [2.05, 4.69) is 4.99 Å². The highest BCUT2D eigenvalue weighted by Crippen LogP contribution is 2.35. The van der Waals surface area contributed by atoms with Gasteiger partial charge in [-0.1, -0.05) is 41.7 Å². The molecule has 1 atom stereocenters. The van der Waals surface area contributed by atoms with Gasteiger partial charge in [0.2, 0.25) is 0 Å². The normalized spacial score (nSPS) is 17.8. The number of fused-ring (bicyclic) bond motifs is 2. The number of hydrogen-bond donors (Lipinski definition) is 0. The van der Waals surface area contributed by atoms with Gasteiger partial charge in [-0.15, -0.1) is 0 Å². The maximum Gasteiger partial charge on any atom is 0.338 e. The highest BCUT2D eigenvalue weighted by atomic mass is 32.1. The van der Waals surface area contributed by atoms with Gasteiger partial charge in [-0.2, -0.15) is 0 Å². The standard InChI is InChI=1S/C27H23N3O6S/c1-5-29-19-9-7-6-8-18(19)21(24(29)32)23-25(33)30-22(16-10-12-17(13-11-16)36-15(3)31)20(26(34)35-4)14(2)28-27(30)37-23/h6-13,22H,5H2,1-4H3/t22-/m1/s1. The molecule has 0 N–H and O–H groups in total. The van der Waals surface area contributed by atoms with E-state index in [1.807, 2.05) is 31.2 Å². The predicted molar refractivity (Wildman–Crippen MR) is 137 cm³/mol. The molecule has 2 aromatic carbocycles. The molecule has 37 heavy (non-hydrogen) atoms. The first-order chi connectivity index (χ1) is 17.8. The molecule has 10 heteroatoms. The molecule has 2 aliphatic heterocycles. The lowest BCUT2D eigenvalue weighted by molar-refractivity contribution is -0.136. The first-order valence-corrected chi connectivity index (χ1v) is 12.4. The molecule has 2 aliphatic rings. The number of allylic oxidation sites excluding steroid dienone is 1. The lowest BCUT2D eigenvalue weighted by atomic mass is 9.96. The molecule has 1 aromatic heterocycles. The van der Waals surface area contributed by atoms with Crippen molar-refractivity contribution >= 4 is 40.4 Å². The molecular formula is C27H23N3O6S. The van der Waals surface area contributed by atoms with Crippen molar-refractivity contribution in [1.82, 2.24) is 4.57 Å². The van der Waals surface area contributed by atoms with Crippen molar-refractivity contribution in [2.75, 3.05) is 18.6 Å². The molecule has 0 radical (unpaired) electrons. The average Bonchev–Trinajstić information content (AvgIpc) is 3.34. The molecule has 1 amide bonds. The molecule has 5 rings (SSSR count). The molecular weight excluding hydrogens is 494 g/mol. The Morgan fingerprint density at radius 1 is 1.08 bits per heavy atom. The Hall–Kier alpha value is -4.31. The van der Waals surface area contributed by atoms with Gasteiger partial charge in [0.15, 0.2) is 4.80 Å². The number of thiazole rings is 1. The van der Waals surface area contributed by atoms with Gasteiger partial charge in [-0.25, -0.2) is 9.79 Å². The van der Waals surface area contributed by atoms with E-state index in [0.29, 0.717) is 39.5 Å². The van der Waals surface area contributed by atoms with E-state index in [-0.39, 0.29) is 16.0 Å². The van der Waals surface area contributed by atoms with Crippen molar-refractivity contribution in [2.45, 2.75) is 26.8 Å². The predicted octanol–water partition coefficient (Wildman–Crippen LogP) is 2.07. The maximum absolute atomic E-state index is 14.0. The van der Waals surface area contributed by atoms with Crippen LogP contribution in [0.1, 0.15) is 37.9 Å². The van der Waals surface area contributed by atoms with Crippen LogP contribution in [-0.2, 0) is 19.1 Å². The molecule has 3 heterocycles. The monoisotopic (exact) mass is 517 g/mol. The van der Waals surface area contributed by atoms with Crippen LogP contribution in [0.2, 0.25) is 0 Å². The number of likely N-dealkylation sites (N-methyl/N-ethyl adjacent to an activating group) is 1. The summed E-state index contributed by atoms with van der Waals surface area (Å²) in [5.41, 5.74) is 2.54. The lowest BCUT2D eigenvalue weighted by Gasteiger charge is -2.24. The number of carbonyl (C=O) groups is 3. The zero-order chi connectivity index (χ0) is 26.4. The molecule has 0 saturated carbocycles. The summed E-state index contributed by atoms with van der Waals surface area (Å²) in [5, 5.41) is 0. The summed E-state index contributed by atoms with van der Waals surface area (Å²) in [6.07, 6.45) is 0. The summed E-state index contributed by atoms with van der Waals surface area (Å²) < 4.78 is 11.9. The van der Waals surface area contributed by atoms with Crippen molar-refractivity contribution in [3.8, 4) is 5.75 Å². The Morgan fingerprint density at radius 2 is 1.78 bits per heavy atom. The van der Waals surface area contributed by atoms with E-state index in [4.69, 9.17) is 9.47 Å². The van der Waals surface area contributed by atoms with E-state index in [1.165, 1.54) is 18.6 Å². The molecule has 0 bridgehead atoms. The third-order valence-corrected chi connectivity index (χ3v) is 7.38. The molecule has 0 aliphatic carbocycles. The Bertz CT molecular complexity index is 1680. The van der Waals surface area contributed by atoms with Crippen LogP contribution in [0.5, 0.6) is 5.75 Å². The van der Waals surface area contributed by atoms with Gasteiger partial charge in [-0.05, 0) is 37.6 Å². The number of esters is 2. The van der Waals surface area contributed by atoms with E-state index in [0.717, 1.165) is 17.0 Å². The Labute approximate surface area is 215 Å². The highest BCUT2D eigenvalue weighted by molar-refractivity contribution is 7.07. The summed E-state index contributed by atoms with van der Waals surface area (Å²) in [6.45, 7) is 5.32. The minimum atomic E-state index is -0.849. The average molecular weight is 518 g/mol. The number of nitrogens with zero attached hydrogens (tertiary/aromatic N) is 3. The minimum Gasteiger partial charge on any atom is -0.466 e. The van der Waals surface area contributed by atoms with E-state index < -0.39 is 23.5 Å². The zero-order valence-corrected chi connectivity index (χ0v) is 21.4. The topological polar surface area (TPSA) is 107 Å². The van der Waals surface area contributed by atoms with Crippen molar-refractivity contribution in [3.05, 3.63) is 90.6 Å². The van der Waals surface area contributed by atoms with Crippen molar-refractivity contribution in [1.29, 1.82) is 0 Å². The smallest absolute Gasteiger partial charge is 0.338 e. The first kappa shape index (κ1) is 24.4. The second-order valence-corrected chi connectivity index (χ2v) is 9.48. The van der Waals surface area contributed by atoms with Crippen LogP contribution in [0, 0.1) is 0 Å². The largest absolute Gasteiger partial charge is 0.466 e. The quantitative estimate of drug-likeness (QED) is 0.387. The highest BCUT2D eigenvalue weighted by Gasteiger charge is 2.36. The fourth-order valence-corrected chi connectivity index (χ4v) is 5.89. The zero-order valence-electron chi connectivity index (χ0n) is 20.6. The number of carbonyl (C=O) groups excluding carboxylic acids is 3. The van der Waals surface area contributed by atoms with Gasteiger partial charge in [-0.3, -0.25) is 19.0 Å². The van der Waals surface area contributed by atoms with Crippen LogP contribution >= 0.6 is 11.3 Å². The number of para-hydroxylation sites is 1. The molecule has 9 nitrogen and oxygen atoms in total.